The Morgan fingerprint density at radius 1 is 1.34 bits per heavy atom. The number of fused-ring (bicyclic) bond motifs is 1. The molecule has 3 aromatic heterocycles. The lowest BCUT2D eigenvalue weighted by molar-refractivity contribution is 0.0952. The van der Waals surface area contributed by atoms with Crippen LogP contribution in [0.15, 0.2) is 30.6 Å². The van der Waals surface area contributed by atoms with E-state index < -0.39 is 0 Å². The van der Waals surface area contributed by atoms with Crippen molar-refractivity contribution in [2.75, 3.05) is 38.0 Å². The molecular formula is C19H23N7O3. The summed E-state index contributed by atoms with van der Waals surface area (Å²) in [7, 11) is 3.40. The third kappa shape index (κ3) is 4.21. The zero-order valence-electron chi connectivity index (χ0n) is 16.3. The molecule has 0 saturated heterocycles. The first-order chi connectivity index (χ1) is 14.2. The van der Waals surface area contributed by atoms with E-state index in [-0.39, 0.29) is 11.9 Å². The fourth-order valence-corrected chi connectivity index (χ4v) is 2.82. The van der Waals surface area contributed by atoms with E-state index in [4.69, 9.17) is 9.47 Å². The highest BCUT2D eigenvalue weighted by molar-refractivity contribution is 6.00. The molecule has 3 aromatic rings. The molecule has 3 N–H and O–H groups in total. The van der Waals surface area contributed by atoms with Crippen molar-refractivity contribution in [1.29, 1.82) is 0 Å². The summed E-state index contributed by atoms with van der Waals surface area (Å²) < 4.78 is 12.3. The van der Waals surface area contributed by atoms with E-state index in [1.807, 2.05) is 6.07 Å². The van der Waals surface area contributed by atoms with Gasteiger partial charge in [-0.15, -0.1) is 0 Å². The van der Waals surface area contributed by atoms with Crippen LogP contribution >= 0.6 is 0 Å². The second-order valence-corrected chi connectivity index (χ2v) is 6.64. The van der Waals surface area contributed by atoms with Crippen molar-refractivity contribution < 1.29 is 14.3 Å². The molecule has 0 radical (unpaired) electrons. The van der Waals surface area contributed by atoms with Crippen LogP contribution in [0.2, 0.25) is 0 Å². The van der Waals surface area contributed by atoms with Crippen LogP contribution in [-0.2, 0) is 4.74 Å². The quantitative estimate of drug-likeness (QED) is 0.469. The lowest BCUT2D eigenvalue weighted by Gasteiger charge is -2.13. The van der Waals surface area contributed by atoms with Crippen LogP contribution in [0.5, 0.6) is 5.88 Å². The van der Waals surface area contributed by atoms with Crippen molar-refractivity contribution in [3.05, 3.63) is 36.2 Å². The minimum Gasteiger partial charge on any atom is -0.474 e. The number of carbonyl (C=O) groups excluding carboxylic acids is 1. The number of nitrogens with zero attached hydrogens (tertiary/aromatic N) is 4. The first-order valence-corrected chi connectivity index (χ1v) is 9.40. The number of aromatic nitrogens is 4. The van der Waals surface area contributed by atoms with Crippen molar-refractivity contribution in [3.63, 3.8) is 0 Å². The van der Waals surface area contributed by atoms with E-state index >= 15 is 0 Å². The highest BCUT2D eigenvalue weighted by Gasteiger charge is 2.26. The molecule has 10 heteroatoms. The number of ether oxygens (including phenoxy) is 2. The Bertz CT molecular complexity index is 1020. The van der Waals surface area contributed by atoms with Gasteiger partial charge in [-0.25, -0.2) is 9.97 Å². The molecule has 0 bridgehead atoms. The SMILES string of the molecule is CNc1cc(Nc2cccnc2OCCOC)nc2c(C(=O)NC3CC3)cnn12. The van der Waals surface area contributed by atoms with Crippen molar-refractivity contribution in [2.24, 2.45) is 0 Å². The predicted octanol–water partition coefficient (Wildman–Crippen LogP) is 1.83. The van der Waals surface area contributed by atoms with E-state index in [9.17, 15) is 4.79 Å². The van der Waals surface area contributed by atoms with Crippen molar-refractivity contribution in [1.82, 2.24) is 24.9 Å². The fourth-order valence-electron chi connectivity index (χ4n) is 2.82. The number of hydrogen-bond acceptors (Lipinski definition) is 8. The smallest absolute Gasteiger partial charge is 0.256 e. The van der Waals surface area contributed by atoms with E-state index in [1.165, 1.54) is 6.20 Å². The van der Waals surface area contributed by atoms with E-state index in [0.717, 1.165) is 12.8 Å². The average Bonchev–Trinajstić information content (AvgIpc) is 3.44. The molecule has 1 saturated carbocycles. The van der Waals surface area contributed by atoms with Crippen molar-refractivity contribution in [3.8, 4) is 5.88 Å². The van der Waals surface area contributed by atoms with Gasteiger partial charge in [-0.1, -0.05) is 0 Å². The molecule has 1 aliphatic rings. The summed E-state index contributed by atoms with van der Waals surface area (Å²) in [5, 5.41) is 13.6. The van der Waals surface area contributed by atoms with E-state index in [2.05, 4.69) is 31.0 Å². The number of nitrogens with one attached hydrogen (secondary N) is 3. The van der Waals surface area contributed by atoms with Gasteiger partial charge in [0.15, 0.2) is 5.65 Å². The third-order valence-electron chi connectivity index (χ3n) is 4.45. The van der Waals surface area contributed by atoms with Gasteiger partial charge in [0, 0.05) is 32.5 Å². The molecule has 29 heavy (non-hydrogen) atoms. The van der Waals surface area contributed by atoms with Gasteiger partial charge in [0.1, 0.15) is 29.5 Å². The Morgan fingerprint density at radius 2 is 2.21 bits per heavy atom. The summed E-state index contributed by atoms with van der Waals surface area (Å²) >= 11 is 0. The van der Waals surface area contributed by atoms with Crippen LogP contribution in [0.4, 0.5) is 17.3 Å². The Balaban J connectivity index is 1.65. The number of methoxy groups -OCH3 is 1. The van der Waals surface area contributed by atoms with E-state index in [0.29, 0.717) is 47.6 Å². The molecule has 1 fully saturated rings. The Labute approximate surface area is 167 Å². The highest BCUT2D eigenvalue weighted by atomic mass is 16.5. The third-order valence-corrected chi connectivity index (χ3v) is 4.45. The summed E-state index contributed by atoms with van der Waals surface area (Å²) in [6, 6.07) is 5.70. The minimum atomic E-state index is -0.167. The molecule has 0 atom stereocenters. The molecule has 1 amide bonds. The number of anilines is 3. The normalized spacial score (nSPS) is 13.3. The Kier molecular flexibility index (Phi) is 5.43. The summed E-state index contributed by atoms with van der Waals surface area (Å²) in [6.07, 6.45) is 5.22. The molecule has 0 unspecified atom stereocenters. The first-order valence-electron chi connectivity index (χ1n) is 9.40. The van der Waals surface area contributed by atoms with Gasteiger partial charge in [-0.3, -0.25) is 4.79 Å². The van der Waals surface area contributed by atoms with Crippen LogP contribution in [0, 0.1) is 0 Å². The molecule has 1 aliphatic carbocycles. The van der Waals surface area contributed by atoms with Crippen molar-refractivity contribution in [2.45, 2.75) is 18.9 Å². The maximum absolute atomic E-state index is 12.6. The number of pyridine rings is 1. The zero-order chi connectivity index (χ0) is 20.2. The lowest BCUT2D eigenvalue weighted by atomic mass is 10.3. The minimum absolute atomic E-state index is 0.167. The van der Waals surface area contributed by atoms with Gasteiger partial charge in [0.25, 0.3) is 5.91 Å². The molecule has 10 nitrogen and oxygen atoms in total. The van der Waals surface area contributed by atoms with Gasteiger partial charge >= 0.3 is 0 Å². The van der Waals surface area contributed by atoms with Crippen LogP contribution in [-0.4, -0.2) is 58.9 Å². The fraction of sp³-hybridized carbons (Fsp3) is 0.368. The summed E-state index contributed by atoms with van der Waals surface area (Å²) in [4.78, 5) is 21.4. The van der Waals surface area contributed by atoms with Gasteiger partial charge in [-0.05, 0) is 25.0 Å². The lowest BCUT2D eigenvalue weighted by Crippen LogP contribution is -2.25. The van der Waals surface area contributed by atoms with E-state index in [1.54, 1.807) is 37.0 Å². The number of carbonyl (C=O) groups is 1. The van der Waals surface area contributed by atoms with Gasteiger partial charge in [0.05, 0.1) is 12.8 Å². The zero-order valence-corrected chi connectivity index (χ0v) is 16.3. The second kappa shape index (κ2) is 8.31. The standard InChI is InChI=1S/C19H23N7O3/c1-20-16-10-15(24-14-4-3-7-21-19(14)29-9-8-28-2)25-17-13(11-22-26(16)17)18(27)23-12-5-6-12/h3-4,7,10-12,20H,5-6,8-9H2,1-2H3,(H,23,27)(H,24,25). The molecule has 0 aliphatic heterocycles. The van der Waals surface area contributed by atoms with Crippen molar-refractivity contribution >= 4 is 28.9 Å². The maximum Gasteiger partial charge on any atom is 0.256 e. The monoisotopic (exact) mass is 397 g/mol. The van der Waals surface area contributed by atoms with Crippen LogP contribution < -0.4 is 20.7 Å². The molecule has 3 heterocycles. The van der Waals surface area contributed by atoms with Crippen LogP contribution in [0.3, 0.4) is 0 Å². The Morgan fingerprint density at radius 3 is 2.97 bits per heavy atom. The topological polar surface area (TPSA) is 115 Å². The summed E-state index contributed by atoms with van der Waals surface area (Å²) in [5.74, 6) is 1.50. The van der Waals surface area contributed by atoms with Gasteiger partial charge in [-0.2, -0.15) is 9.61 Å². The largest absolute Gasteiger partial charge is 0.474 e. The molecule has 152 valence electrons. The number of amides is 1. The molecular weight excluding hydrogens is 374 g/mol. The molecule has 4 rings (SSSR count). The summed E-state index contributed by atoms with van der Waals surface area (Å²) in [6.45, 7) is 0.837. The predicted molar refractivity (Wildman–Crippen MR) is 108 cm³/mol. The highest BCUT2D eigenvalue weighted by Crippen LogP contribution is 2.27. The van der Waals surface area contributed by atoms with Crippen LogP contribution in [0.25, 0.3) is 5.65 Å². The molecule has 0 spiro atoms. The van der Waals surface area contributed by atoms with Gasteiger partial charge in [0.2, 0.25) is 5.88 Å². The second-order valence-electron chi connectivity index (χ2n) is 6.64. The maximum atomic E-state index is 12.6. The van der Waals surface area contributed by atoms with Crippen LogP contribution in [0.1, 0.15) is 23.2 Å². The average molecular weight is 397 g/mol. The number of hydrogen-bond donors (Lipinski definition) is 3. The Hall–Kier alpha value is -3.40. The molecule has 0 aromatic carbocycles. The summed E-state index contributed by atoms with van der Waals surface area (Å²) in [5.41, 5.74) is 1.55. The van der Waals surface area contributed by atoms with Gasteiger partial charge < -0.3 is 25.4 Å². The number of rotatable bonds is 9. The first kappa shape index (κ1) is 18.9.